The fourth-order valence-electron chi connectivity index (χ4n) is 1.45. The Labute approximate surface area is 96.3 Å². The van der Waals surface area contributed by atoms with Crippen LogP contribution in [0.1, 0.15) is 40.5 Å². The van der Waals surface area contributed by atoms with Crippen LogP contribution in [0.3, 0.4) is 0 Å². The molecule has 0 aliphatic heterocycles. The summed E-state index contributed by atoms with van der Waals surface area (Å²) >= 11 is 0. The predicted molar refractivity (Wildman–Crippen MR) is 65.9 cm³/mol. The molecule has 4 heteroatoms. The van der Waals surface area contributed by atoms with E-state index in [9.17, 15) is 0 Å². The van der Waals surface area contributed by atoms with Gasteiger partial charge in [-0.1, -0.05) is 13.8 Å². The van der Waals surface area contributed by atoms with E-state index in [2.05, 4.69) is 20.8 Å². The van der Waals surface area contributed by atoms with Crippen LogP contribution in [0.15, 0.2) is 0 Å². The average Bonchev–Trinajstić information content (AvgIpc) is 2.23. The van der Waals surface area contributed by atoms with Gasteiger partial charge < -0.3 is 14.2 Å². The molecule has 3 atom stereocenters. The topological polar surface area (TPSA) is 27.7 Å². The molecule has 0 amide bonds. The third kappa shape index (κ3) is 7.96. The van der Waals surface area contributed by atoms with Crippen molar-refractivity contribution in [2.45, 2.75) is 58.3 Å². The molecule has 0 aromatic heterocycles. The van der Waals surface area contributed by atoms with Gasteiger partial charge in [-0.2, -0.15) is 0 Å². The van der Waals surface area contributed by atoms with Gasteiger partial charge in [0, 0.05) is 25.2 Å². The number of methoxy groups -OCH3 is 1. The van der Waals surface area contributed by atoms with Crippen LogP contribution in [0.25, 0.3) is 0 Å². The maximum atomic E-state index is 5.77. The molecule has 0 bridgehead atoms. The molecule has 0 aromatic carbocycles. The van der Waals surface area contributed by atoms with Crippen molar-refractivity contribution in [2.75, 3.05) is 13.7 Å². The second-order valence-corrected chi connectivity index (χ2v) is 6.42. The van der Waals surface area contributed by atoms with Gasteiger partial charge in [0.25, 0.3) is 0 Å². The zero-order valence-electron chi connectivity index (χ0n) is 10.8. The minimum absolute atomic E-state index is 0.101. The highest BCUT2D eigenvalue weighted by Crippen LogP contribution is 2.04. The van der Waals surface area contributed by atoms with Gasteiger partial charge in [-0.3, -0.25) is 0 Å². The molecule has 0 heterocycles. The summed E-state index contributed by atoms with van der Waals surface area (Å²) in [7, 11) is 1.32. The van der Waals surface area contributed by atoms with Crippen molar-refractivity contribution < 1.29 is 14.2 Å². The summed E-state index contributed by atoms with van der Waals surface area (Å²) in [5, 5.41) is 0. The molecular formula is C11H26O3Si. The number of rotatable bonds is 9. The summed E-state index contributed by atoms with van der Waals surface area (Å²) in [6.45, 7) is 9.25. The number of hydrogen-bond donors (Lipinski definition) is 0. The monoisotopic (exact) mass is 234 g/mol. The van der Waals surface area contributed by atoms with Gasteiger partial charge in [0.05, 0.1) is 9.52 Å². The Balaban J connectivity index is 3.74. The maximum Gasteiger partial charge on any atom is 0.154 e. The molecule has 3 unspecified atom stereocenters. The van der Waals surface area contributed by atoms with E-state index >= 15 is 0 Å². The lowest BCUT2D eigenvalue weighted by molar-refractivity contribution is -0.120. The molecule has 0 spiro atoms. The standard InChI is InChI=1S/C11H26O3Si/c1-6-8-13-11(7-2)15-10(4)14-9(3)12-5/h9-11H,6-8,15H2,1-5H3. The van der Waals surface area contributed by atoms with Gasteiger partial charge in [-0.05, 0) is 26.7 Å². The highest BCUT2D eigenvalue weighted by atomic mass is 28.2. The van der Waals surface area contributed by atoms with E-state index < -0.39 is 0 Å². The molecule has 0 rings (SSSR count). The van der Waals surface area contributed by atoms with E-state index in [0.717, 1.165) is 19.4 Å². The van der Waals surface area contributed by atoms with E-state index in [1.165, 1.54) is 0 Å². The summed E-state index contributed by atoms with van der Waals surface area (Å²) in [6, 6.07) is 0. The smallest absolute Gasteiger partial charge is 0.154 e. The van der Waals surface area contributed by atoms with Gasteiger partial charge in [0.2, 0.25) is 0 Å². The molecule has 0 saturated heterocycles. The molecule has 15 heavy (non-hydrogen) atoms. The Hall–Kier alpha value is 0.0969. The minimum atomic E-state index is -0.347. The van der Waals surface area contributed by atoms with Crippen LogP contribution >= 0.6 is 0 Å². The van der Waals surface area contributed by atoms with Crippen LogP contribution in [0.4, 0.5) is 0 Å². The van der Waals surface area contributed by atoms with Gasteiger partial charge in [-0.15, -0.1) is 0 Å². The van der Waals surface area contributed by atoms with Crippen molar-refractivity contribution in [1.82, 2.24) is 0 Å². The second-order valence-electron chi connectivity index (χ2n) is 3.89. The number of ether oxygens (including phenoxy) is 3. The fourth-order valence-corrected chi connectivity index (χ4v) is 3.20. The van der Waals surface area contributed by atoms with Gasteiger partial charge in [0.15, 0.2) is 6.29 Å². The zero-order chi connectivity index (χ0) is 11.7. The van der Waals surface area contributed by atoms with Crippen LogP contribution in [-0.2, 0) is 14.2 Å². The second kappa shape index (κ2) is 9.33. The van der Waals surface area contributed by atoms with Gasteiger partial charge >= 0.3 is 0 Å². The van der Waals surface area contributed by atoms with Crippen LogP contribution in [0.5, 0.6) is 0 Å². The van der Waals surface area contributed by atoms with Gasteiger partial charge in [-0.25, -0.2) is 0 Å². The molecule has 0 aliphatic carbocycles. The first-order chi connectivity index (χ1) is 7.13. The molecule has 3 nitrogen and oxygen atoms in total. The Morgan fingerprint density at radius 2 is 1.87 bits per heavy atom. The molecular weight excluding hydrogens is 208 g/mol. The summed E-state index contributed by atoms with van der Waals surface area (Å²) in [5.74, 6) is 0. The Kier molecular flexibility index (Phi) is 9.39. The summed E-state index contributed by atoms with van der Waals surface area (Å²) in [4.78, 5) is 0. The van der Waals surface area contributed by atoms with Crippen LogP contribution in [0.2, 0.25) is 0 Å². The zero-order valence-corrected chi connectivity index (χ0v) is 12.2. The molecule has 0 fully saturated rings. The minimum Gasteiger partial charge on any atom is -0.382 e. The summed E-state index contributed by atoms with van der Waals surface area (Å²) in [6.07, 6.45) is 2.09. The lowest BCUT2D eigenvalue weighted by Gasteiger charge is -2.22. The van der Waals surface area contributed by atoms with E-state index in [-0.39, 0.29) is 15.8 Å². The molecule has 92 valence electrons. The van der Waals surface area contributed by atoms with Crippen molar-refractivity contribution in [1.29, 1.82) is 0 Å². The Morgan fingerprint density at radius 1 is 1.20 bits per heavy atom. The molecule has 0 radical (unpaired) electrons. The predicted octanol–water partition coefficient (Wildman–Crippen LogP) is 1.67. The molecule has 0 aliphatic rings. The highest BCUT2D eigenvalue weighted by molar-refractivity contribution is 6.38. The fraction of sp³-hybridized carbons (Fsp3) is 1.00. The lowest BCUT2D eigenvalue weighted by atomic mass is 10.5. The SMILES string of the molecule is CCCOC(CC)[SiH2]C(C)OC(C)OC. The first kappa shape index (κ1) is 15.1. The third-order valence-electron chi connectivity index (χ3n) is 2.36. The maximum absolute atomic E-state index is 5.77. The largest absolute Gasteiger partial charge is 0.382 e. The lowest BCUT2D eigenvalue weighted by Crippen LogP contribution is -2.33. The normalized spacial score (nSPS) is 18.2. The van der Waals surface area contributed by atoms with E-state index in [1.54, 1.807) is 7.11 Å². The average molecular weight is 234 g/mol. The first-order valence-corrected chi connectivity index (χ1v) is 7.57. The molecule has 0 N–H and O–H groups in total. The summed E-state index contributed by atoms with van der Waals surface area (Å²) < 4.78 is 16.5. The summed E-state index contributed by atoms with van der Waals surface area (Å²) in [5.41, 5.74) is 0.769. The van der Waals surface area contributed by atoms with Crippen LogP contribution in [0, 0.1) is 0 Å². The van der Waals surface area contributed by atoms with E-state index in [4.69, 9.17) is 14.2 Å². The van der Waals surface area contributed by atoms with Gasteiger partial charge in [0.1, 0.15) is 0 Å². The molecule has 0 saturated carbocycles. The quantitative estimate of drug-likeness (QED) is 0.449. The van der Waals surface area contributed by atoms with Crippen LogP contribution in [-0.4, -0.2) is 41.0 Å². The van der Waals surface area contributed by atoms with Crippen molar-refractivity contribution in [3.8, 4) is 0 Å². The van der Waals surface area contributed by atoms with Crippen molar-refractivity contribution in [2.24, 2.45) is 0 Å². The van der Waals surface area contributed by atoms with Crippen molar-refractivity contribution in [3.05, 3.63) is 0 Å². The Bertz CT molecular complexity index is 144. The highest BCUT2D eigenvalue weighted by Gasteiger charge is 2.15. The van der Waals surface area contributed by atoms with Crippen LogP contribution < -0.4 is 0 Å². The van der Waals surface area contributed by atoms with Crippen molar-refractivity contribution >= 4 is 9.52 Å². The van der Waals surface area contributed by atoms with E-state index in [1.807, 2.05) is 6.92 Å². The number of hydrogen-bond acceptors (Lipinski definition) is 3. The van der Waals surface area contributed by atoms with E-state index in [0.29, 0.717) is 11.5 Å². The third-order valence-corrected chi connectivity index (χ3v) is 4.56. The first-order valence-electron chi connectivity index (χ1n) is 5.93. The van der Waals surface area contributed by atoms with Crippen molar-refractivity contribution in [3.63, 3.8) is 0 Å². The molecule has 0 aromatic rings. The Morgan fingerprint density at radius 3 is 2.33 bits per heavy atom.